The highest BCUT2D eigenvalue weighted by atomic mass is 16.4. The molecule has 2 aromatic rings. The third-order valence-electron chi connectivity index (χ3n) is 2.66. The summed E-state index contributed by atoms with van der Waals surface area (Å²) in [4.78, 5) is 22.3. The zero-order chi connectivity index (χ0) is 14.5. The number of amides is 1. The molecule has 20 heavy (non-hydrogen) atoms. The minimum absolute atomic E-state index is 0.280. The predicted octanol–water partition coefficient (Wildman–Crippen LogP) is 1.60. The summed E-state index contributed by atoms with van der Waals surface area (Å²) in [5, 5.41) is 13.1. The first-order valence-corrected chi connectivity index (χ1v) is 5.91. The average molecular weight is 270 g/mol. The van der Waals surface area contributed by atoms with Crippen molar-refractivity contribution in [3.63, 3.8) is 0 Å². The van der Waals surface area contributed by atoms with Crippen molar-refractivity contribution < 1.29 is 19.1 Å². The highest BCUT2D eigenvalue weighted by Crippen LogP contribution is 2.15. The van der Waals surface area contributed by atoms with Crippen LogP contribution in [0, 0.1) is 6.92 Å². The number of carboxylic acids is 1. The Bertz CT molecular complexity index is 670. The van der Waals surface area contributed by atoms with Gasteiger partial charge in [-0.2, -0.15) is 0 Å². The Hall–Kier alpha value is -2.82. The summed E-state index contributed by atoms with van der Waals surface area (Å²) >= 11 is 0. The molecule has 1 aromatic heterocycles. The molecule has 0 aliphatic rings. The lowest BCUT2D eigenvalue weighted by atomic mass is 10.1. The van der Waals surface area contributed by atoms with Crippen molar-refractivity contribution >= 4 is 23.6 Å². The van der Waals surface area contributed by atoms with Gasteiger partial charge in [0.1, 0.15) is 5.76 Å². The van der Waals surface area contributed by atoms with Crippen LogP contribution in [0.2, 0.25) is 0 Å². The smallest absolute Gasteiger partial charge is 0.259 e. The van der Waals surface area contributed by atoms with Crippen LogP contribution in [0.4, 0.5) is 5.69 Å². The number of carbonyl (C=O) groups excluding carboxylic acids is 2. The third kappa shape index (κ3) is 3.35. The van der Waals surface area contributed by atoms with Crippen LogP contribution in [-0.4, -0.2) is 11.9 Å². The molecule has 0 aliphatic heterocycles. The van der Waals surface area contributed by atoms with E-state index in [0.29, 0.717) is 22.6 Å². The molecule has 2 rings (SSSR count). The number of hydrogen-bond donors (Lipinski definition) is 1. The SMILES string of the molecule is Cc1occc1C(=O)Nc1cccc(C=CC(=O)[O-])c1. The van der Waals surface area contributed by atoms with Crippen LogP contribution in [0.15, 0.2) is 47.1 Å². The van der Waals surface area contributed by atoms with Gasteiger partial charge in [-0.05, 0) is 36.8 Å². The number of carbonyl (C=O) groups is 2. The van der Waals surface area contributed by atoms with Crippen LogP contribution < -0.4 is 10.4 Å². The number of furan rings is 1. The fourth-order valence-electron chi connectivity index (χ4n) is 1.70. The lowest BCUT2D eigenvalue weighted by Gasteiger charge is -2.05. The van der Waals surface area contributed by atoms with Gasteiger partial charge in [0.2, 0.25) is 0 Å². The molecule has 102 valence electrons. The Morgan fingerprint density at radius 1 is 1.30 bits per heavy atom. The topological polar surface area (TPSA) is 82.4 Å². The van der Waals surface area contributed by atoms with Crippen molar-refractivity contribution in [2.24, 2.45) is 0 Å². The maximum absolute atomic E-state index is 12.0. The minimum Gasteiger partial charge on any atom is -0.545 e. The molecule has 1 aromatic carbocycles. The van der Waals surface area contributed by atoms with Gasteiger partial charge >= 0.3 is 0 Å². The molecule has 0 fully saturated rings. The lowest BCUT2D eigenvalue weighted by Crippen LogP contribution is -2.18. The zero-order valence-electron chi connectivity index (χ0n) is 10.8. The Labute approximate surface area is 115 Å². The van der Waals surface area contributed by atoms with Gasteiger partial charge in [0.15, 0.2) is 0 Å². The van der Waals surface area contributed by atoms with E-state index in [0.717, 1.165) is 6.08 Å². The number of nitrogens with one attached hydrogen (secondary N) is 1. The first-order chi connectivity index (χ1) is 9.56. The highest BCUT2D eigenvalue weighted by Gasteiger charge is 2.11. The zero-order valence-corrected chi connectivity index (χ0v) is 10.8. The Kier molecular flexibility index (Phi) is 4.00. The monoisotopic (exact) mass is 270 g/mol. The molecular weight excluding hydrogens is 258 g/mol. The summed E-state index contributed by atoms with van der Waals surface area (Å²) in [6, 6.07) is 8.39. The average Bonchev–Trinajstić information content (AvgIpc) is 2.83. The summed E-state index contributed by atoms with van der Waals surface area (Å²) in [6.45, 7) is 1.70. The molecule has 0 atom stereocenters. The number of rotatable bonds is 4. The molecule has 0 unspecified atom stereocenters. The van der Waals surface area contributed by atoms with Crippen molar-refractivity contribution in [3.8, 4) is 0 Å². The Morgan fingerprint density at radius 3 is 2.75 bits per heavy atom. The van der Waals surface area contributed by atoms with Crippen LogP contribution in [-0.2, 0) is 4.79 Å². The lowest BCUT2D eigenvalue weighted by molar-refractivity contribution is -0.297. The molecule has 5 heteroatoms. The van der Waals surface area contributed by atoms with E-state index in [-0.39, 0.29) is 5.91 Å². The van der Waals surface area contributed by atoms with Gasteiger partial charge < -0.3 is 19.6 Å². The minimum atomic E-state index is -1.27. The summed E-state index contributed by atoms with van der Waals surface area (Å²) in [7, 11) is 0. The molecule has 1 heterocycles. The molecule has 5 nitrogen and oxygen atoms in total. The summed E-state index contributed by atoms with van der Waals surface area (Å²) in [5.74, 6) is -1.01. The largest absolute Gasteiger partial charge is 0.545 e. The van der Waals surface area contributed by atoms with Crippen LogP contribution in [0.5, 0.6) is 0 Å². The van der Waals surface area contributed by atoms with Gasteiger partial charge in [0.25, 0.3) is 5.91 Å². The third-order valence-corrected chi connectivity index (χ3v) is 2.66. The van der Waals surface area contributed by atoms with E-state index in [1.807, 2.05) is 0 Å². The van der Waals surface area contributed by atoms with Gasteiger partial charge in [0, 0.05) is 5.69 Å². The second-order valence-electron chi connectivity index (χ2n) is 4.12. The fraction of sp³-hybridized carbons (Fsp3) is 0.0667. The van der Waals surface area contributed by atoms with Crippen LogP contribution >= 0.6 is 0 Å². The number of benzene rings is 1. The highest BCUT2D eigenvalue weighted by molar-refractivity contribution is 6.05. The van der Waals surface area contributed by atoms with Crippen molar-refractivity contribution in [2.75, 3.05) is 5.32 Å². The Balaban J connectivity index is 2.14. The molecule has 0 bridgehead atoms. The first kappa shape index (κ1) is 13.6. The summed E-state index contributed by atoms with van der Waals surface area (Å²) < 4.78 is 5.07. The van der Waals surface area contributed by atoms with Crippen molar-refractivity contribution in [1.82, 2.24) is 0 Å². The fourth-order valence-corrected chi connectivity index (χ4v) is 1.70. The molecule has 0 aliphatic carbocycles. The molecule has 0 spiro atoms. The molecule has 0 saturated heterocycles. The standard InChI is InChI=1S/C15H13NO4/c1-10-13(7-8-20-10)15(19)16-12-4-2-3-11(9-12)5-6-14(17)18/h2-9H,1H3,(H,16,19)(H,17,18)/p-1. The second kappa shape index (κ2) is 5.88. The van der Waals surface area contributed by atoms with Crippen molar-refractivity contribution in [3.05, 3.63) is 59.6 Å². The van der Waals surface area contributed by atoms with Crippen molar-refractivity contribution in [2.45, 2.75) is 6.92 Å². The van der Waals surface area contributed by atoms with Gasteiger partial charge in [-0.1, -0.05) is 18.2 Å². The van der Waals surface area contributed by atoms with Gasteiger partial charge in [0.05, 0.1) is 17.8 Å². The molecular formula is C15H12NO4-. The predicted molar refractivity (Wildman–Crippen MR) is 71.9 cm³/mol. The van der Waals surface area contributed by atoms with Crippen LogP contribution in [0.3, 0.4) is 0 Å². The van der Waals surface area contributed by atoms with E-state index >= 15 is 0 Å². The van der Waals surface area contributed by atoms with E-state index in [1.165, 1.54) is 12.3 Å². The van der Waals surface area contributed by atoms with Gasteiger partial charge in [-0.15, -0.1) is 0 Å². The van der Waals surface area contributed by atoms with E-state index in [4.69, 9.17) is 4.42 Å². The maximum atomic E-state index is 12.0. The van der Waals surface area contributed by atoms with E-state index < -0.39 is 5.97 Å². The van der Waals surface area contributed by atoms with E-state index in [2.05, 4.69) is 5.32 Å². The second-order valence-corrected chi connectivity index (χ2v) is 4.12. The molecule has 0 radical (unpaired) electrons. The van der Waals surface area contributed by atoms with E-state index in [1.54, 1.807) is 37.3 Å². The quantitative estimate of drug-likeness (QED) is 0.855. The number of carboxylic acid groups (broad SMARTS) is 1. The summed E-state index contributed by atoms with van der Waals surface area (Å²) in [5.41, 5.74) is 1.67. The number of aryl methyl sites for hydroxylation is 1. The number of aliphatic carboxylic acids is 1. The Morgan fingerprint density at radius 2 is 2.10 bits per heavy atom. The van der Waals surface area contributed by atoms with Gasteiger partial charge in [-0.25, -0.2) is 0 Å². The number of anilines is 1. The normalized spacial score (nSPS) is 10.7. The molecule has 1 amide bonds. The maximum Gasteiger partial charge on any atom is 0.259 e. The first-order valence-electron chi connectivity index (χ1n) is 5.91. The molecule has 0 saturated carbocycles. The van der Waals surface area contributed by atoms with Crippen LogP contribution in [0.1, 0.15) is 21.7 Å². The van der Waals surface area contributed by atoms with Crippen LogP contribution in [0.25, 0.3) is 6.08 Å². The van der Waals surface area contributed by atoms with Crippen molar-refractivity contribution in [1.29, 1.82) is 0 Å². The number of hydrogen-bond acceptors (Lipinski definition) is 4. The molecule has 1 N–H and O–H groups in total. The summed E-state index contributed by atoms with van der Waals surface area (Å²) in [6.07, 6.45) is 3.78. The van der Waals surface area contributed by atoms with E-state index in [9.17, 15) is 14.7 Å². The van der Waals surface area contributed by atoms with Gasteiger partial charge in [-0.3, -0.25) is 4.79 Å².